The quantitative estimate of drug-likeness (QED) is 0.782. The highest BCUT2D eigenvalue weighted by Crippen LogP contribution is 2.21. The number of hydrogen-bond donors (Lipinski definition) is 0. The van der Waals surface area contributed by atoms with Crippen molar-refractivity contribution in [1.82, 2.24) is 4.90 Å². The predicted octanol–water partition coefficient (Wildman–Crippen LogP) is 2.84. The van der Waals surface area contributed by atoms with Gasteiger partial charge in [0.15, 0.2) is 5.78 Å². The fraction of sp³-hybridized carbons (Fsp3) is 0.500. The summed E-state index contributed by atoms with van der Waals surface area (Å²) in [7, 11) is 0. The summed E-state index contributed by atoms with van der Waals surface area (Å²) in [6.07, 6.45) is 4.41. The number of ketones is 1. The summed E-state index contributed by atoms with van der Waals surface area (Å²) in [6, 6.07) is 5.94. The van der Waals surface area contributed by atoms with Crippen molar-refractivity contribution in [1.29, 1.82) is 0 Å². The van der Waals surface area contributed by atoms with Gasteiger partial charge in [0.2, 0.25) is 0 Å². The van der Waals surface area contributed by atoms with Crippen molar-refractivity contribution in [2.24, 2.45) is 0 Å². The first-order valence-corrected chi connectivity index (χ1v) is 7.52. The summed E-state index contributed by atoms with van der Waals surface area (Å²) in [4.78, 5) is 14.2. The van der Waals surface area contributed by atoms with Crippen molar-refractivity contribution in [2.45, 2.75) is 18.1 Å². The first-order valence-electron chi connectivity index (χ1n) is 6.23. The Morgan fingerprint density at radius 3 is 2.78 bits per heavy atom. The number of rotatable bonds is 4. The average molecular weight is 267 g/mol. The van der Waals surface area contributed by atoms with Gasteiger partial charge in [-0.15, -0.1) is 0 Å². The SMILES string of the molecule is CSC1CCN(CC(=O)c2cccc(F)c2)CC1. The van der Waals surface area contributed by atoms with Crippen LogP contribution in [0.5, 0.6) is 0 Å². The van der Waals surface area contributed by atoms with Crippen molar-refractivity contribution < 1.29 is 9.18 Å². The topological polar surface area (TPSA) is 20.3 Å². The van der Waals surface area contributed by atoms with Crippen molar-refractivity contribution in [3.8, 4) is 0 Å². The van der Waals surface area contributed by atoms with E-state index >= 15 is 0 Å². The number of piperidine rings is 1. The molecule has 1 aliphatic rings. The van der Waals surface area contributed by atoms with Gasteiger partial charge in [0.25, 0.3) is 0 Å². The molecule has 0 aliphatic carbocycles. The van der Waals surface area contributed by atoms with E-state index in [0.717, 1.165) is 31.2 Å². The predicted molar refractivity (Wildman–Crippen MR) is 73.7 cm³/mol. The highest BCUT2D eigenvalue weighted by atomic mass is 32.2. The molecule has 0 aromatic heterocycles. The van der Waals surface area contributed by atoms with E-state index < -0.39 is 0 Å². The third kappa shape index (κ3) is 3.56. The first-order chi connectivity index (χ1) is 8.69. The molecule has 0 saturated carbocycles. The molecule has 2 rings (SSSR count). The molecule has 0 radical (unpaired) electrons. The lowest BCUT2D eigenvalue weighted by molar-refractivity contribution is 0.0916. The van der Waals surface area contributed by atoms with E-state index in [2.05, 4.69) is 11.2 Å². The van der Waals surface area contributed by atoms with Crippen LogP contribution in [0.3, 0.4) is 0 Å². The molecular formula is C14H18FNOS. The number of nitrogens with zero attached hydrogens (tertiary/aromatic N) is 1. The third-order valence-electron chi connectivity index (χ3n) is 3.38. The standard InChI is InChI=1S/C14H18FNOS/c1-18-13-5-7-16(8-6-13)10-14(17)11-3-2-4-12(15)9-11/h2-4,9,13H,5-8,10H2,1H3. The first kappa shape index (κ1) is 13.6. The molecule has 18 heavy (non-hydrogen) atoms. The lowest BCUT2D eigenvalue weighted by Gasteiger charge is -2.30. The Bertz CT molecular complexity index is 416. The molecule has 1 fully saturated rings. The summed E-state index contributed by atoms with van der Waals surface area (Å²) in [5, 5.41) is 0.727. The van der Waals surface area contributed by atoms with Crippen LogP contribution in [0.1, 0.15) is 23.2 Å². The Labute approximate surface area is 112 Å². The maximum absolute atomic E-state index is 13.0. The monoisotopic (exact) mass is 267 g/mol. The molecular weight excluding hydrogens is 249 g/mol. The van der Waals surface area contributed by atoms with Gasteiger partial charge in [-0.1, -0.05) is 12.1 Å². The molecule has 0 bridgehead atoms. The number of hydrogen-bond acceptors (Lipinski definition) is 3. The number of carbonyl (C=O) groups excluding carboxylic acids is 1. The molecule has 1 heterocycles. The zero-order valence-electron chi connectivity index (χ0n) is 10.6. The van der Waals surface area contributed by atoms with E-state index in [1.165, 1.54) is 12.1 Å². The van der Waals surface area contributed by atoms with Gasteiger partial charge in [0, 0.05) is 10.8 Å². The number of carbonyl (C=O) groups is 1. The summed E-state index contributed by atoms with van der Waals surface area (Å²) in [5.41, 5.74) is 0.474. The van der Waals surface area contributed by atoms with Crippen molar-refractivity contribution >= 4 is 17.5 Å². The molecule has 0 spiro atoms. The smallest absolute Gasteiger partial charge is 0.176 e. The Morgan fingerprint density at radius 1 is 1.44 bits per heavy atom. The Balaban J connectivity index is 1.89. The second-order valence-electron chi connectivity index (χ2n) is 4.64. The summed E-state index contributed by atoms with van der Waals surface area (Å²) < 4.78 is 13.0. The molecule has 4 heteroatoms. The van der Waals surface area contributed by atoms with Crippen LogP contribution in [0.25, 0.3) is 0 Å². The molecule has 98 valence electrons. The van der Waals surface area contributed by atoms with Gasteiger partial charge in [-0.3, -0.25) is 9.69 Å². The van der Waals surface area contributed by atoms with Crippen LogP contribution in [0.4, 0.5) is 4.39 Å². The molecule has 1 aromatic rings. The highest BCUT2D eigenvalue weighted by Gasteiger charge is 2.20. The minimum Gasteiger partial charge on any atom is -0.296 e. The van der Waals surface area contributed by atoms with E-state index in [-0.39, 0.29) is 11.6 Å². The van der Waals surface area contributed by atoms with E-state index in [0.29, 0.717) is 12.1 Å². The lowest BCUT2D eigenvalue weighted by Crippen LogP contribution is -2.38. The fourth-order valence-corrected chi connectivity index (χ4v) is 2.94. The molecule has 1 aromatic carbocycles. The van der Waals surface area contributed by atoms with Gasteiger partial charge < -0.3 is 0 Å². The average Bonchev–Trinajstić information content (AvgIpc) is 2.39. The second-order valence-corrected chi connectivity index (χ2v) is 5.78. The highest BCUT2D eigenvalue weighted by molar-refractivity contribution is 7.99. The third-order valence-corrected chi connectivity index (χ3v) is 4.52. The van der Waals surface area contributed by atoms with Crippen LogP contribution < -0.4 is 0 Å². The minimum absolute atomic E-state index is 0.0112. The van der Waals surface area contributed by atoms with Crippen molar-refractivity contribution in [3.63, 3.8) is 0 Å². The minimum atomic E-state index is -0.345. The summed E-state index contributed by atoms with van der Waals surface area (Å²) in [6.45, 7) is 2.34. The fourth-order valence-electron chi connectivity index (χ4n) is 2.26. The van der Waals surface area contributed by atoms with E-state index in [1.807, 2.05) is 11.8 Å². The summed E-state index contributed by atoms with van der Waals surface area (Å²) >= 11 is 1.90. The van der Waals surface area contributed by atoms with E-state index in [9.17, 15) is 9.18 Å². The van der Waals surface area contributed by atoms with Gasteiger partial charge in [0.05, 0.1) is 6.54 Å². The molecule has 2 nitrogen and oxygen atoms in total. The number of likely N-dealkylation sites (tertiary alicyclic amines) is 1. The van der Waals surface area contributed by atoms with Crippen LogP contribution in [0.2, 0.25) is 0 Å². The van der Waals surface area contributed by atoms with Crippen LogP contribution in [-0.4, -0.2) is 41.8 Å². The van der Waals surface area contributed by atoms with Crippen molar-refractivity contribution in [2.75, 3.05) is 25.9 Å². The zero-order chi connectivity index (χ0) is 13.0. The van der Waals surface area contributed by atoms with Gasteiger partial charge in [-0.05, 0) is 44.3 Å². The molecule has 1 saturated heterocycles. The Morgan fingerprint density at radius 2 is 2.17 bits per heavy atom. The van der Waals surface area contributed by atoms with Crippen molar-refractivity contribution in [3.05, 3.63) is 35.6 Å². The van der Waals surface area contributed by atoms with Gasteiger partial charge in [-0.2, -0.15) is 11.8 Å². The van der Waals surface area contributed by atoms with Gasteiger partial charge in [-0.25, -0.2) is 4.39 Å². The normalized spacial score (nSPS) is 17.9. The summed E-state index contributed by atoms with van der Waals surface area (Å²) in [5.74, 6) is -0.334. The lowest BCUT2D eigenvalue weighted by atomic mass is 10.1. The van der Waals surface area contributed by atoms with Crippen LogP contribution in [-0.2, 0) is 0 Å². The molecule has 1 aliphatic heterocycles. The largest absolute Gasteiger partial charge is 0.296 e. The van der Waals surface area contributed by atoms with Crippen LogP contribution >= 0.6 is 11.8 Å². The Hall–Kier alpha value is -0.870. The van der Waals surface area contributed by atoms with Crippen LogP contribution in [0, 0.1) is 5.82 Å². The number of Topliss-reactive ketones (excluding diaryl/α,β-unsaturated/α-hetero) is 1. The number of thioether (sulfide) groups is 1. The van der Waals surface area contributed by atoms with Gasteiger partial charge >= 0.3 is 0 Å². The van der Waals surface area contributed by atoms with Crippen LogP contribution in [0.15, 0.2) is 24.3 Å². The zero-order valence-corrected chi connectivity index (χ0v) is 11.4. The second kappa shape index (κ2) is 6.34. The molecule has 0 unspecified atom stereocenters. The maximum atomic E-state index is 13.0. The number of halogens is 1. The number of benzene rings is 1. The maximum Gasteiger partial charge on any atom is 0.176 e. The van der Waals surface area contributed by atoms with E-state index in [4.69, 9.17) is 0 Å². The van der Waals surface area contributed by atoms with E-state index in [1.54, 1.807) is 12.1 Å². The Kier molecular flexibility index (Phi) is 4.78. The molecule has 0 atom stereocenters. The molecule has 0 N–H and O–H groups in total. The molecule has 0 amide bonds. The van der Waals surface area contributed by atoms with Gasteiger partial charge in [0.1, 0.15) is 5.82 Å².